The van der Waals surface area contributed by atoms with E-state index in [2.05, 4.69) is 30.8 Å². The van der Waals surface area contributed by atoms with Crippen LogP contribution < -0.4 is 0 Å². The minimum Gasteiger partial charge on any atom is -0.285 e. The quantitative estimate of drug-likeness (QED) is 0.485. The minimum atomic E-state index is -0.227. The molecule has 0 saturated carbocycles. The van der Waals surface area contributed by atoms with Crippen molar-refractivity contribution in [2.75, 3.05) is 13.7 Å². The largest absolute Gasteiger partial charge is 0.285 e. The standard InChI is InChI=1S/C16H31FN2/c1-5-8-11-16(12-9-6-2)19(4)14-18-13-15(17)10-7-3/h10,13,16H,5-9,11-12,14H2,1-4H3/b15-10-,18-13-. The summed E-state index contributed by atoms with van der Waals surface area (Å²) in [5.74, 6) is -0.227. The molecule has 2 nitrogen and oxygen atoms in total. The van der Waals surface area contributed by atoms with Gasteiger partial charge in [-0.1, -0.05) is 46.5 Å². The number of unbranched alkanes of at least 4 members (excludes halogenated alkanes) is 2. The van der Waals surface area contributed by atoms with Crippen molar-refractivity contribution in [1.29, 1.82) is 0 Å². The van der Waals surface area contributed by atoms with E-state index < -0.39 is 0 Å². The van der Waals surface area contributed by atoms with Crippen molar-refractivity contribution in [1.82, 2.24) is 4.90 Å². The molecule has 0 unspecified atom stereocenters. The third-order valence-corrected chi connectivity index (χ3v) is 3.32. The Kier molecular flexibility index (Phi) is 11.9. The van der Waals surface area contributed by atoms with Crippen LogP contribution in [0.1, 0.15) is 65.7 Å². The molecule has 0 spiro atoms. The van der Waals surface area contributed by atoms with Gasteiger partial charge in [-0.3, -0.25) is 9.89 Å². The van der Waals surface area contributed by atoms with Crippen LogP contribution in [0.15, 0.2) is 16.9 Å². The second kappa shape index (κ2) is 12.3. The van der Waals surface area contributed by atoms with E-state index in [0.29, 0.717) is 19.1 Å². The highest BCUT2D eigenvalue weighted by atomic mass is 19.1. The predicted octanol–water partition coefficient (Wildman–Crippen LogP) is 4.96. The molecule has 0 saturated heterocycles. The molecule has 0 N–H and O–H groups in total. The predicted molar refractivity (Wildman–Crippen MR) is 83.4 cm³/mol. The van der Waals surface area contributed by atoms with E-state index in [-0.39, 0.29) is 5.83 Å². The van der Waals surface area contributed by atoms with Gasteiger partial charge < -0.3 is 0 Å². The van der Waals surface area contributed by atoms with Crippen LogP contribution in [0.25, 0.3) is 0 Å². The summed E-state index contributed by atoms with van der Waals surface area (Å²) in [6.07, 6.45) is 11.0. The molecule has 0 aromatic carbocycles. The number of nitrogens with zero attached hydrogens (tertiary/aromatic N) is 2. The zero-order valence-corrected chi connectivity index (χ0v) is 13.2. The normalized spacial score (nSPS) is 13.1. The van der Waals surface area contributed by atoms with E-state index in [9.17, 15) is 4.39 Å². The van der Waals surface area contributed by atoms with Gasteiger partial charge in [0.15, 0.2) is 0 Å². The van der Waals surface area contributed by atoms with Crippen molar-refractivity contribution in [2.45, 2.75) is 71.8 Å². The van der Waals surface area contributed by atoms with Crippen molar-refractivity contribution >= 4 is 6.21 Å². The Morgan fingerprint density at radius 2 is 1.74 bits per heavy atom. The maximum absolute atomic E-state index is 13.2. The van der Waals surface area contributed by atoms with E-state index in [1.807, 2.05) is 6.92 Å². The van der Waals surface area contributed by atoms with Gasteiger partial charge in [0.05, 0.1) is 12.9 Å². The first-order valence-corrected chi connectivity index (χ1v) is 7.71. The van der Waals surface area contributed by atoms with Gasteiger partial charge >= 0.3 is 0 Å². The Morgan fingerprint density at radius 1 is 1.16 bits per heavy atom. The molecule has 0 aromatic rings. The van der Waals surface area contributed by atoms with Crippen molar-refractivity contribution in [3.8, 4) is 0 Å². The Morgan fingerprint density at radius 3 is 2.21 bits per heavy atom. The third-order valence-electron chi connectivity index (χ3n) is 3.32. The average molecular weight is 270 g/mol. The van der Waals surface area contributed by atoms with Gasteiger partial charge in [-0.2, -0.15) is 0 Å². The Balaban J connectivity index is 4.21. The highest BCUT2D eigenvalue weighted by molar-refractivity contribution is 5.75. The first-order valence-electron chi connectivity index (χ1n) is 7.71. The molecule has 0 rings (SSSR count). The summed E-state index contributed by atoms with van der Waals surface area (Å²) in [4.78, 5) is 6.44. The summed E-state index contributed by atoms with van der Waals surface area (Å²) >= 11 is 0. The summed E-state index contributed by atoms with van der Waals surface area (Å²) in [5, 5.41) is 0. The second-order valence-electron chi connectivity index (χ2n) is 5.15. The molecule has 0 aliphatic rings. The highest BCUT2D eigenvalue weighted by Crippen LogP contribution is 2.14. The topological polar surface area (TPSA) is 15.6 Å². The molecule has 0 aliphatic heterocycles. The fourth-order valence-electron chi connectivity index (χ4n) is 2.08. The highest BCUT2D eigenvalue weighted by Gasteiger charge is 2.12. The molecule has 0 fully saturated rings. The second-order valence-corrected chi connectivity index (χ2v) is 5.15. The van der Waals surface area contributed by atoms with Gasteiger partial charge in [0, 0.05) is 6.04 Å². The average Bonchev–Trinajstić information content (AvgIpc) is 2.39. The zero-order valence-electron chi connectivity index (χ0n) is 13.2. The van der Waals surface area contributed by atoms with Gasteiger partial charge in [-0.15, -0.1) is 0 Å². The summed E-state index contributed by atoms with van der Waals surface area (Å²) in [5.41, 5.74) is 0. The monoisotopic (exact) mass is 270 g/mol. The molecule has 0 bridgehead atoms. The molecule has 0 heterocycles. The van der Waals surface area contributed by atoms with E-state index in [1.165, 1.54) is 44.7 Å². The lowest BCUT2D eigenvalue weighted by atomic mass is 10.0. The lowest BCUT2D eigenvalue weighted by Crippen LogP contribution is -2.32. The molecule has 19 heavy (non-hydrogen) atoms. The Labute approximate surface area is 118 Å². The number of allylic oxidation sites excluding steroid dienone is 2. The minimum absolute atomic E-state index is 0.227. The van der Waals surface area contributed by atoms with E-state index >= 15 is 0 Å². The van der Waals surface area contributed by atoms with Gasteiger partial charge in [0.1, 0.15) is 5.83 Å². The Hall–Kier alpha value is -0.700. The van der Waals surface area contributed by atoms with Crippen LogP contribution in [-0.2, 0) is 0 Å². The fraction of sp³-hybridized carbons (Fsp3) is 0.812. The summed E-state index contributed by atoms with van der Waals surface area (Å²) in [6.45, 7) is 6.95. The molecule has 0 radical (unpaired) electrons. The van der Waals surface area contributed by atoms with Gasteiger partial charge in [0.2, 0.25) is 0 Å². The van der Waals surface area contributed by atoms with Crippen molar-refractivity contribution in [2.24, 2.45) is 4.99 Å². The van der Waals surface area contributed by atoms with Gasteiger partial charge in [-0.25, -0.2) is 4.39 Å². The number of halogens is 1. The van der Waals surface area contributed by atoms with Crippen LogP contribution >= 0.6 is 0 Å². The smallest absolute Gasteiger partial charge is 0.137 e. The molecule has 0 aliphatic carbocycles. The van der Waals surface area contributed by atoms with Crippen molar-refractivity contribution < 1.29 is 4.39 Å². The van der Waals surface area contributed by atoms with Crippen LogP contribution in [0.2, 0.25) is 0 Å². The van der Waals surface area contributed by atoms with Crippen molar-refractivity contribution in [3.63, 3.8) is 0 Å². The molecule has 0 amide bonds. The Bertz CT molecular complexity index is 253. The summed E-state index contributed by atoms with van der Waals surface area (Å²) < 4.78 is 13.2. The molecule has 3 heteroatoms. The number of hydrogen-bond acceptors (Lipinski definition) is 2. The first-order chi connectivity index (χ1) is 9.15. The maximum Gasteiger partial charge on any atom is 0.137 e. The van der Waals surface area contributed by atoms with Gasteiger partial charge in [-0.05, 0) is 32.4 Å². The summed E-state index contributed by atoms with van der Waals surface area (Å²) in [7, 11) is 2.09. The van der Waals surface area contributed by atoms with E-state index in [1.54, 1.807) is 6.08 Å². The van der Waals surface area contributed by atoms with E-state index in [0.717, 1.165) is 0 Å². The fourth-order valence-corrected chi connectivity index (χ4v) is 2.08. The molecular formula is C16H31FN2. The van der Waals surface area contributed by atoms with Gasteiger partial charge in [0.25, 0.3) is 0 Å². The van der Waals surface area contributed by atoms with Crippen LogP contribution in [-0.4, -0.2) is 30.9 Å². The lowest BCUT2D eigenvalue weighted by Gasteiger charge is -2.26. The van der Waals surface area contributed by atoms with Crippen LogP contribution in [0.5, 0.6) is 0 Å². The zero-order chi connectivity index (χ0) is 14.5. The maximum atomic E-state index is 13.2. The molecule has 0 atom stereocenters. The molecule has 0 aromatic heterocycles. The molecular weight excluding hydrogens is 239 g/mol. The first kappa shape index (κ1) is 18.3. The van der Waals surface area contributed by atoms with Crippen LogP contribution in [0, 0.1) is 0 Å². The van der Waals surface area contributed by atoms with Crippen LogP contribution in [0.4, 0.5) is 4.39 Å². The van der Waals surface area contributed by atoms with Crippen molar-refractivity contribution in [3.05, 3.63) is 11.9 Å². The number of aliphatic imine (C=N–C) groups is 1. The van der Waals surface area contributed by atoms with E-state index in [4.69, 9.17) is 0 Å². The molecule has 112 valence electrons. The summed E-state index contributed by atoms with van der Waals surface area (Å²) in [6, 6.07) is 0.579. The number of rotatable bonds is 11. The number of hydrogen-bond donors (Lipinski definition) is 0. The van der Waals surface area contributed by atoms with Crippen LogP contribution in [0.3, 0.4) is 0 Å². The SMILES string of the molecule is CC/C=C(F)/C=N\CN(C)C(CCCC)CCCC. The third kappa shape index (κ3) is 9.83. The lowest BCUT2D eigenvalue weighted by molar-refractivity contribution is 0.218.